The molecular weight excluding hydrogens is 612 g/mol. The van der Waals surface area contributed by atoms with Gasteiger partial charge in [-0.1, -0.05) is 45.2 Å². The van der Waals surface area contributed by atoms with E-state index >= 15 is 0 Å². The monoisotopic (exact) mass is 628 g/mol. The Morgan fingerprint density at radius 2 is 1.61 bits per heavy atom. The third-order valence-corrected chi connectivity index (χ3v) is 8.32. The Morgan fingerprint density at radius 3 is 2.30 bits per heavy atom. The van der Waals surface area contributed by atoms with Crippen LogP contribution in [0, 0.1) is 0 Å². The van der Waals surface area contributed by atoms with Crippen molar-refractivity contribution >= 4 is 82.7 Å². The van der Waals surface area contributed by atoms with Crippen LogP contribution in [0.25, 0.3) is 0 Å². The summed E-state index contributed by atoms with van der Waals surface area (Å²) in [4.78, 5) is 10.3. The highest BCUT2D eigenvalue weighted by molar-refractivity contribution is 14.1. The van der Waals surface area contributed by atoms with E-state index in [1.165, 1.54) is 0 Å². The highest BCUT2D eigenvalue weighted by Crippen LogP contribution is 2.49. The first-order valence-corrected chi connectivity index (χ1v) is 14.4. The maximum absolute atomic E-state index is 10.3. The SMILES string of the molecule is OP1(=S)OC[C@H]2O[C@@H](I)C[C@@H]2O[PH](=S)OC[C@H]2O[C@@H](I)C[C@@H]2O1. The lowest BCUT2D eigenvalue weighted by Gasteiger charge is -2.27. The van der Waals surface area contributed by atoms with Gasteiger partial charge < -0.3 is 32.5 Å². The molecule has 0 radical (unpaired) electrons. The summed E-state index contributed by atoms with van der Waals surface area (Å²) >= 11 is 14.8. The fourth-order valence-electron chi connectivity index (χ4n) is 2.54. The predicted octanol–water partition coefficient (Wildman–Crippen LogP) is 2.63. The van der Waals surface area contributed by atoms with Crippen LogP contribution in [0.2, 0.25) is 0 Å². The molecule has 23 heavy (non-hydrogen) atoms. The van der Waals surface area contributed by atoms with Crippen molar-refractivity contribution in [2.24, 2.45) is 0 Å². The second-order valence-electron chi connectivity index (χ2n) is 5.27. The predicted molar refractivity (Wildman–Crippen MR) is 108 cm³/mol. The molecule has 134 valence electrons. The molecule has 3 rings (SSSR count). The molecule has 0 spiro atoms. The van der Waals surface area contributed by atoms with Gasteiger partial charge in [-0.25, -0.2) is 0 Å². The van der Waals surface area contributed by atoms with E-state index in [1.807, 2.05) is 0 Å². The Hall–Kier alpha value is 2.48. The number of fused-ring (bicyclic) bond motifs is 2. The minimum Gasteiger partial charge on any atom is -0.359 e. The van der Waals surface area contributed by atoms with Gasteiger partial charge in [0.1, 0.15) is 20.4 Å². The lowest BCUT2D eigenvalue weighted by molar-refractivity contribution is -0.0167. The van der Waals surface area contributed by atoms with E-state index in [-0.39, 0.29) is 45.9 Å². The van der Waals surface area contributed by atoms with Crippen LogP contribution in [-0.2, 0) is 51.2 Å². The van der Waals surface area contributed by atoms with Crippen molar-refractivity contribution in [3.8, 4) is 0 Å². The maximum atomic E-state index is 10.3. The molecule has 3 aliphatic heterocycles. The highest BCUT2D eigenvalue weighted by atomic mass is 127. The number of rotatable bonds is 0. The minimum absolute atomic E-state index is 0.00101. The molecule has 0 aromatic carbocycles. The minimum atomic E-state index is -3.38. The van der Waals surface area contributed by atoms with E-state index in [2.05, 4.69) is 45.2 Å². The molecule has 13 heteroatoms. The molecule has 1 N–H and O–H groups in total. The van der Waals surface area contributed by atoms with Crippen molar-refractivity contribution in [3.05, 3.63) is 0 Å². The fraction of sp³-hybridized carbons (Fsp3) is 1.00. The topological polar surface area (TPSA) is 75.6 Å². The summed E-state index contributed by atoms with van der Waals surface area (Å²) in [6.07, 6.45) is 0.0130. The summed E-state index contributed by atoms with van der Waals surface area (Å²) in [5, 5.41) is 0. The Balaban J connectivity index is 1.74. The van der Waals surface area contributed by atoms with Crippen molar-refractivity contribution in [3.63, 3.8) is 0 Å². The number of hydrogen-bond acceptors (Lipinski definition) is 8. The van der Waals surface area contributed by atoms with E-state index in [9.17, 15) is 4.89 Å². The first kappa shape index (κ1) is 20.2. The summed E-state index contributed by atoms with van der Waals surface area (Å²) in [5.74, 6) is 0. The van der Waals surface area contributed by atoms with Gasteiger partial charge in [-0.05, 0) is 23.6 Å². The molecule has 0 saturated carbocycles. The molecule has 0 amide bonds. The number of hydrogen-bond donors (Lipinski definition) is 1. The third-order valence-electron chi connectivity index (χ3n) is 3.59. The molecular formula is C10H16I2O7P2S2. The van der Waals surface area contributed by atoms with Gasteiger partial charge >= 0.3 is 6.72 Å². The zero-order valence-corrected chi connectivity index (χ0v) is 19.6. The fourth-order valence-corrected chi connectivity index (χ4v) is 7.21. The molecule has 8 atom stereocenters. The van der Waals surface area contributed by atoms with Crippen molar-refractivity contribution in [1.29, 1.82) is 0 Å². The number of ether oxygens (including phenoxy) is 2. The summed E-state index contributed by atoms with van der Waals surface area (Å²) in [6, 6.07) is 0. The van der Waals surface area contributed by atoms with E-state index < -0.39 is 13.9 Å². The van der Waals surface area contributed by atoms with Gasteiger partial charge in [0.15, 0.2) is 7.15 Å². The Kier molecular flexibility index (Phi) is 7.61. The molecule has 0 aromatic rings. The molecule has 0 aromatic heterocycles. The lowest BCUT2D eigenvalue weighted by Crippen LogP contribution is -2.31. The van der Waals surface area contributed by atoms with Crippen LogP contribution in [0.4, 0.5) is 0 Å². The van der Waals surface area contributed by atoms with Crippen LogP contribution in [0.1, 0.15) is 12.8 Å². The summed E-state index contributed by atoms with van der Waals surface area (Å²) in [5.41, 5.74) is 0. The van der Waals surface area contributed by atoms with Crippen molar-refractivity contribution < 1.29 is 32.5 Å². The molecule has 3 fully saturated rings. The summed E-state index contributed by atoms with van der Waals surface area (Å²) in [6.45, 7) is -3.02. The van der Waals surface area contributed by atoms with Gasteiger partial charge in [0.25, 0.3) is 0 Å². The van der Waals surface area contributed by atoms with Gasteiger partial charge in [-0.3, -0.25) is 0 Å². The Morgan fingerprint density at radius 1 is 1.00 bits per heavy atom. The zero-order chi connectivity index (χ0) is 16.6. The average Bonchev–Trinajstić information content (AvgIpc) is 2.96. The summed E-state index contributed by atoms with van der Waals surface area (Å²) in [7, 11) is -1.85. The molecule has 0 bridgehead atoms. The van der Waals surface area contributed by atoms with Crippen LogP contribution < -0.4 is 0 Å². The van der Waals surface area contributed by atoms with E-state index in [4.69, 9.17) is 51.2 Å². The molecule has 3 heterocycles. The van der Waals surface area contributed by atoms with Crippen molar-refractivity contribution in [2.45, 2.75) is 45.5 Å². The standard InChI is InChI=1S/C10H16I2O7P2S2/c11-9-1-5-8(17-9)4-15-21(13,23)19-6-2-10(12)16-7(6)3-14-20(22)18-5/h5-10,20H,1-4H2,(H,13,23)/t5-,6-,7+,8+,9+,10+,21?/m0/s1. The van der Waals surface area contributed by atoms with Crippen LogP contribution in [0.15, 0.2) is 0 Å². The van der Waals surface area contributed by atoms with Crippen LogP contribution in [0.3, 0.4) is 0 Å². The number of halogens is 2. The maximum Gasteiger partial charge on any atom is 0.324 e. The van der Waals surface area contributed by atoms with Crippen molar-refractivity contribution in [1.82, 2.24) is 0 Å². The second-order valence-corrected chi connectivity index (χ2v) is 12.9. The van der Waals surface area contributed by atoms with Crippen LogP contribution >= 0.6 is 59.1 Å². The van der Waals surface area contributed by atoms with E-state index in [0.717, 1.165) is 0 Å². The highest BCUT2D eigenvalue weighted by Gasteiger charge is 2.41. The lowest BCUT2D eigenvalue weighted by atomic mass is 10.2. The van der Waals surface area contributed by atoms with Crippen LogP contribution in [0.5, 0.6) is 0 Å². The largest absolute Gasteiger partial charge is 0.359 e. The molecule has 3 aliphatic rings. The number of alkyl halides is 2. The van der Waals surface area contributed by atoms with Crippen molar-refractivity contribution in [2.75, 3.05) is 13.2 Å². The molecule has 2 unspecified atom stereocenters. The smallest absolute Gasteiger partial charge is 0.324 e. The third kappa shape index (κ3) is 5.73. The molecule has 3 saturated heterocycles. The van der Waals surface area contributed by atoms with E-state index in [0.29, 0.717) is 12.8 Å². The second kappa shape index (κ2) is 8.66. The van der Waals surface area contributed by atoms with Gasteiger partial charge in [0.05, 0.1) is 25.4 Å². The van der Waals surface area contributed by atoms with Crippen LogP contribution in [-0.4, -0.2) is 50.7 Å². The quantitative estimate of drug-likeness (QED) is 0.248. The van der Waals surface area contributed by atoms with Gasteiger partial charge in [-0.2, -0.15) is 0 Å². The van der Waals surface area contributed by atoms with E-state index in [1.54, 1.807) is 0 Å². The normalized spacial score (nSPS) is 52.2. The molecule has 7 nitrogen and oxygen atoms in total. The zero-order valence-electron chi connectivity index (χ0n) is 11.7. The molecule has 0 aliphatic carbocycles. The van der Waals surface area contributed by atoms with Gasteiger partial charge in [0.2, 0.25) is 0 Å². The van der Waals surface area contributed by atoms with Gasteiger partial charge in [0, 0.05) is 12.8 Å². The summed E-state index contributed by atoms with van der Waals surface area (Å²) < 4.78 is 34.1. The first-order valence-electron chi connectivity index (χ1n) is 6.90. The van der Waals surface area contributed by atoms with Gasteiger partial charge in [-0.15, -0.1) is 0 Å². The Labute approximate surface area is 172 Å². The Bertz CT molecular complexity index is 516. The average molecular weight is 628 g/mol. The first-order chi connectivity index (χ1) is 10.8.